The van der Waals surface area contributed by atoms with Crippen LogP contribution in [0.3, 0.4) is 0 Å². The van der Waals surface area contributed by atoms with Crippen molar-refractivity contribution < 1.29 is 0 Å². The summed E-state index contributed by atoms with van der Waals surface area (Å²) in [7, 11) is 0. The quantitative estimate of drug-likeness (QED) is 0.817. The number of halogens is 1. The molecule has 0 aliphatic heterocycles. The second-order valence-corrected chi connectivity index (χ2v) is 6.42. The number of thioether (sulfide) groups is 1. The number of nitrogens with two attached hydrogens (primary N) is 1. The first-order valence-corrected chi connectivity index (χ1v) is 7.56. The third-order valence-corrected chi connectivity index (χ3v) is 4.67. The normalized spacial score (nSPS) is 14.1. The molecular weight excluding hydrogens is 274 g/mol. The number of aryl methyl sites for hydroxylation is 1. The van der Waals surface area contributed by atoms with E-state index in [0.29, 0.717) is 0 Å². The van der Waals surface area contributed by atoms with E-state index in [-0.39, 0.29) is 11.3 Å². The van der Waals surface area contributed by atoms with Gasteiger partial charge in [0.2, 0.25) is 0 Å². The summed E-state index contributed by atoms with van der Waals surface area (Å²) in [5.41, 5.74) is 8.57. The molecule has 1 nitrogen and oxygen atoms in total. The second kappa shape index (κ2) is 6.47. The highest BCUT2D eigenvalue weighted by Crippen LogP contribution is 2.37. The maximum atomic E-state index is 6.13. The average Bonchev–Trinajstić information content (AvgIpc) is 2.37. The van der Waals surface area contributed by atoms with Gasteiger partial charge in [-0.1, -0.05) is 41.4 Å². The zero-order chi connectivity index (χ0) is 13.8. The Balaban J connectivity index is 2.23. The molecule has 19 heavy (non-hydrogen) atoms. The van der Waals surface area contributed by atoms with Crippen LogP contribution in [0.2, 0.25) is 5.02 Å². The standard InChI is InChI=1S/C16H18ClNS/c1-11-6-8-15(9-7-11)19-16(12(2)18)13-4-3-5-14(17)10-13/h3-10,12,16H,18H2,1-2H3. The van der Waals surface area contributed by atoms with Gasteiger partial charge in [0, 0.05) is 21.2 Å². The molecule has 2 atom stereocenters. The van der Waals surface area contributed by atoms with Crippen LogP contribution < -0.4 is 5.73 Å². The van der Waals surface area contributed by atoms with Crippen LogP contribution in [-0.4, -0.2) is 6.04 Å². The Kier molecular flexibility index (Phi) is 4.92. The minimum atomic E-state index is 0.0600. The van der Waals surface area contributed by atoms with Gasteiger partial charge in [-0.3, -0.25) is 0 Å². The first-order chi connectivity index (χ1) is 9.06. The number of hydrogen-bond acceptors (Lipinski definition) is 2. The van der Waals surface area contributed by atoms with Crippen molar-refractivity contribution in [2.45, 2.75) is 30.0 Å². The van der Waals surface area contributed by atoms with Gasteiger partial charge in [-0.05, 0) is 43.7 Å². The highest BCUT2D eigenvalue weighted by atomic mass is 35.5. The molecular formula is C16H18ClNS. The maximum Gasteiger partial charge on any atom is 0.0493 e. The van der Waals surface area contributed by atoms with E-state index in [1.54, 1.807) is 11.8 Å². The van der Waals surface area contributed by atoms with Crippen LogP contribution in [0, 0.1) is 6.92 Å². The summed E-state index contributed by atoms with van der Waals surface area (Å²) in [6, 6.07) is 16.5. The SMILES string of the molecule is Cc1ccc(SC(c2cccc(Cl)c2)C(C)N)cc1. The van der Waals surface area contributed by atoms with E-state index in [0.717, 1.165) is 5.02 Å². The third kappa shape index (κ3) is 4.00. The van der Waals surface area contributed by atoms with E-state index in [2.05, 4.69) is 37.3 Å². The van der Waals surface area contributed by atoms with Crippen LogP contribution in [0.15, 0.2) is 53.4 Å². The Morgan fingerprint density at radius 3 is 2.37 bits per heavy atom. The lowest BCUT2D eigenvalue weighted by atomic mass is 10.1. The highest BCUT2D eigenvalue weighted by Gasteiger charge is 2.17. The second-order valence-electron chi connectivity index (χ2n) is 4.77. The molecule has 2 unspecified atom stereocenters. The van der Waals surface area contributed by atoms with Crippen molar-refractivity contribution >= 4 is 23.4 Å². The molecule has 0 bridgehead atoms. The molecule has 2 rings (SSSR count). The van der Waals surface area contributed by atoms with Crippen LogP contribution in [0.1, 0.15) is 23.3 Å². The molecule has 0 aliphatic carbocycles. The number of hydrogen-bond donors (Lipinski definition) is 1. The van der Waals surface area contributed by atoms with Gasteiger partial charge in [0.15, 0.2) is 0 Å². The molecule has 3 heteroatoms. The Bertz CT molecular complexity index is 537. The number of rotatable bonds is 4. The Labute approximate surface area is 124 Å². The minimum Gasteiger partial charge on any atom is -0.327 e. The predicted octanol–water partition coefficient (Wildman–Crippen LogP) is 4.83. The molecule has 0 amide bonds. The monoisotopic (exact) mass is 291 g/mol. The summed E-state index contributed by atoms with van der Waals surface area (Å²) < 4.78 is 0. The van der Waals surface area contributed by atoms with Crippen molar-refractivity contribution in [3.63, 3.8) is 0 Å². The van der Waals surface area contributed by atoms with Gasteiger partial charge < -0.3 is 5.73 Å². The van der Waals surface area contributed by atoms with Crippen LogP contribution in [0.4, 0.5) is 0 Å². The van der Waals surface area contributed by atoms with Gasteiger partial charge in [0.1, 0.15) is 0 Å². The Hall–Kier alpha value is -0.960. The van der Waals surface area contributed by atoms with Crippen molar-refractivity contribution in [2.24, 2.45) is 5.73 Å². The smallest absolute Gasteiger partial charge is 0.0493 e. The van der Waals surface area contributed by atoms with E-state index in [9.17, 15) is 0 Å². The Morgan fingerprint density at radius 2 is 1.79 bits per heavy atom. The van der Waals surface area contributed by atoms with E-state index in [1.807, 2.05) is 25.1 Å². The van der Waals surface area contributed by atoms with Crippen molar-refractivity contribution in [1.29, 1.82) is 0 Å². The van der Waals surface area contributed by atoms with Gasteiger partial charge in [-0.25, -0.2) is 0 Å². The topological polar surface area (TPSA) is 26.0 Å². The summed E-state index contributed by atoms with van der Waals surface area (Å²) in [5.74, 6) is 0. The first-order valence-electron chi connectivity index (χ1n) is 6.30. The fourth-order valence-corrected chi connectivity index (χ4v) is 3.21. The predicted molar refractivity (Wildman–Crippen MR) is 84.9 cm³/mol. The first kappa shape index (κ1) is 14.4. The fourth-order valence-electron chi connectivity index (χ4n) is 1.93. The zero-order valence-electron chi connectivity index (χ0n) is 11.1. The van der Waals surface area contributed by atoms with Gasteiger partial charge >= 0.3 is 0 Å². The van der Waals surface area contributed by atoms with Crippen molar-refractivity contribution in [3.8, 4) is 0 Å². The largest absolute Gasteiger partial charge is 0.327 e. The molecule has 0 heterocycles. The average molecular weight is 292 g/mol. The summed E-state index contributed by atoms with van der Waals surface area (Å²) in [5, 5.41) is 0.967. The molecule has 0 aliphatic rings. The molecule has 0 saturated carbocycles. The lowest BCUT2D eigenvalue weighted by molar-refractivity contribution is 0.721. The van der Waals surface area contributed by atoms with Crippen molar-refractivity contribution in [2.75, 3.05) is 0 Å². The lowest BCUT2D eigenvalue weighted by Gasteiger charge is -2.21. The molecule has 2 aromatic carbocycles. The zero-order valence-corrected chi connectivity index (χ0v) is 12.7. The van der Waals surface area contributed by atoms with Gasteiger partial charge in [0.05, 0.1) is 0 Å². The van der Waals surface area contributed by atoms with Gasteiger partial charge in [0.25, 0.3) is 0 Å². The summed E-state index contributed by atoms with van der Waals surface area (Å²) in [4.78, 5) is 1.23. The van der Waals surface area contributed by atoms with E-state index in [4.69, 9.17) is 17.3 Å². The Morgan fingerprint density at radius 1 is 1.11 bits per heavy atom. The summed E-state index contributed by atoms with van der Waals surface area (Å²) in [6.45, 7) is 4.13. The molecule has 0 saturated heterocycles. The molecule has 0 aromatic heterocycles. The van der Waals surface area contributed by atoms with Gasteiger partial charge in [-0.15, -0.1) is 11.8 Å². The van der Waals surface area contributed by atoms with Crippen molar-refractivity contribution in [1.82, 2.24) is 0 Å². The molecule has 0 fully saturated rings. The highest BCUT2D eigenvalue weighted by molar-refractivity contribution is 7.99. The maximum absolute atomic E-state index is 6.13. The molecule has 2 aromatic rings. The fraction of sp³-hybridized carbons (Fsp3) is 0.250. The van der Waals surface area contributed by atoms with E-state index < -0.39 is 0 Å². The molecule has 100 valence electrons. The van der Waals surface area contributed by atoms with Crippen LogP contribution in [-0.2, 0) is 0 Å². The lowest BCUT2D eigenvalue weighted by Crippen LogP contribution is -2.22. The van der Waals surface area contributed by atoms with Crippen LogP contribution in [0.5, 0.6) is 0 Å². The van der Waals surface area contributed by atoms with Crippen molar-refractivity contribution in [3.05, 3.63) is 64.7 Å². The summed E-state index contributed by atoms with van der Waals surface area (Å²) in [6.07, 6.45) is 0. The van der Waals surface area contributed by atoms with Gasteiger partial charge in [-0.2, -0.15) is 0 Å². The molecule has 2 N–H and O–H groups in total. The number of benzene rings is 2. The van der Waals surface area contributed by atoms with E-state index >= 15 is 0 Å². The van der Waals surface area contributed by atoms with Crippen LogP contribution >= 0.6 is 23.4 Å². The molecule has 0 spiro atoms. The summed E-state index contributed by atoms with van der Waals surface area (Å²) >= 11 is 7.85. The minimum absolute atomic E-state index is 0.0600. The van der Waals surface area contributed by atoms with Crippen LogP contribution in [0.25, 0.3) is 0 Å². The molecule has 0 radical (unpaired) electrons. The van der Waals surface area contributed by atoms with E-state index in [1.165, 1.54) is 16.0 Å². The third-order valence-electron chi connectivity index (χ3n) is 2.94.